The Kier molecular flexibility index (Phi) is 10.6. The number of alkyl halides is 2. The molecule has 2 nitrogen and oxygen atoms in total. The van der Waals surface area contributed by atoms with Crippen LogP contribution in [-0.2, 0) is 24.4 Å². The molecule has 13 heavy (non-hydrogen) atoms. The summed E-state index contributed by atoms with van der Waals surface area (Å²) in [6, 6.07) is 0. The van der Waals surface area contributed by atoms with E-state index in [1.165, 1.54) is 0 Å². The molecule has 80 valence electrons. The van der Waals surface area contributed by atoms with Crippen LogP contribution in [0.2, 0.25) is 0 Å². The zero-order valence-electron chi connectivity index (χ0n) is 7.07. The van der Waals surface area contributed by atoms with Gasteiger partial charge in [-0.3, -0.25) is 0 Å². The van der Waals surface area contributed by atoms with Crippen LogP contribution in [0.3, 0.4) is 0 Å². The third-order valence-corrected chi connectivity index (χ3v) is 6.87. The summed E-state index contributed by atoms with van der Waals surface area (Å²) in [5, 5.41) is 0. The van der Waals surface area contributed by atoms with E-state index in [0.717, 1.165) is 12.8 Å². The van der Waals surface area contributed by atoms with Crippen molar-refractivity contribution in [1.82, 2.24) is 0 Å². The molecule has 0 spiro atoms. The molecular weight excluding hydrogens is 337 g/mol. The summed E-state index contributed by atoms with van der Waals surface area (Å²) >= 11 is 7.26. The van der Waals surface area contributed by atoms with E-state index in [1.807, 2.05) is 0 Å². The Labute approximate surface area is 102 Å². The van der Waals surface area contributed by atoms with Gasteiger partial charge in [-0.15, -0.1) is 0 Å². The molecule has 0 N–H and O–H groups in total. The van der Waals surface area contributed by atoms with Gasteiger partial charge in [0, 0.05) is 0 Å². The van der Waals surface area contributed by atoms with Gasteiger partial charge < -0.3 is 0 Å². The topological polar surface area (TPSA) is 18.5 Å². The molecule has 0 bridgehead atoms. The predicted molar refractivity (Wildman–Crippen MR) is 54.3 cm³/mol. The Balaban J connectivity index is 3.42. The molecule has 0 unspecified atom stereocenters. The second kappa shape index (κ2) is 9.21. The summed E-state index contributed by atoms with van der Waals surface area (Å²) in [6.45, 7) is 0.931. The first kappa shape index (κ1) is 15.0. The number of rotatable bonds is 8. The summed E-state index contributed by atoms with van der Waals surface area (Å²) in [6.07, 6.45) is 1.47. The normalized spacial score (nSPS) is 12.0. The van der Waals surface area contributed by atoms with Crippen molar-refractivity contribution in [2.75, 3.05) is 25.0 Å². The standard InChI is InChI=1S/2C3H6ClO.2ClH.Zr/c2*4-2-1-3-5;;;/h2*1-3H2;2*1H;/q2*-1;;;+4/p-2. The number of halogens is 4. The zero-order chi connectivity index (χ0) is 10.2. The molecule has 0 saturated heterocycles. The first-order chi connectivity index (χ1) is 6.12. The fourth-order valence-electron chi connectivity index (χ4n) is 0.533. The van der Waals surface area contributed by atoms with Crippen LogP contribution in [0.5, 0.6) is 0 Å². The van der Waals surface area contributed by atoms with Crippen molar-refractivity contribution >= 4 is 40.2 Å². The van der Waals surface area contributed by atoms with Gasteiger partial charge in [-0.25, -0.2) is 0 Å². The minimum absolute atomic E-state index is 0.466. The van der Waals surface area contributed by atoms with E-state index in [9.17, 15) is 0 Å². The van der Waals surface area contributed by atoms with Crippen LogP contribution in [0.15, 0.2) is 0 Å². The van der Waals surface area contributed by atoms with Crippen LogP contribution >= 0.6 is 40.2 Å². The van der Waals surface area contributed by atoms with E-state index in [1.54, 1.807) is 0 Å². The fourth-order valence-corrected chi connectivity index (χ4v) is 4.66. The molecular formula is C6H12Cl4O2Zr. The van der Waals surface area contributed by atoms with E-state index >= 15 is 0 Å². The van der Waals surface area contributed by atoms with E-state index < -0.39 is 18.8 Å². The van der Waals surface area contributed by atoms with Crippen molar-refractivity contribution in [3.05, 3.63) is 0 Å². The molecule has 0 aliphatic rings. The van der Waals surface area contributed by atoms with Crippen molar-refractivity contribution in [2.24, 2.45) is 0 Å². The molecule has 0 aromatic heterocycles. The quantitative estimate of drug-likeness (QED) is 0.493. The van der Waals surface area contributed by atoms with Gasteiger partial charge in [0.2, 0.25) is 0 Å². The zero-order valence-corrected chi connectivity index (χ0v) is 12.6. The van der Waals surface area contributed by atoms with E-state index in [2.05, 4.69) is 0 Å². The van der Waals surface area contributed by atoms with Gasteiger partial charge in [-0.2, -0.15) is 0 Å². The molecule has 0 heterocycles. The van der Waals surface area contributed by atoms with Gasteiger partial charge in [0.1, 0.15) is 0 Å². The summed E-state index contributed by atoms with van der Waals surface area (Å²) in [7, 11) is 11.7. The van der Waals surface area contributed by atoms with Crippen LogP contribution < -0.4 is 0 Å². The SMILES string of the molecule is ClCCC[O][Zr]([Cl])([Cl])[O]CCCCl. The van der Waals surface area contributed by atoms with Gasteiger partial charge in [0.15, 0.2) is 0 Å². The summed E-state index contributed by atoms with van der Waals surface area (Å²) in [5.41, 5.74) is 0. The third-order valence-electron chi connectivity index (χ3n) is 1.10. The maximum atomic E-state index is 5.85. The van der Waals surface area contributed by atoms with E-state index in [0.29, 0.717) is 25.0 Å². The van der Waals surface area contributed by atoms with Crippen molar-refractivity contribution in [3.8, 4) is 0 Å². The molecule has 0 aromatic carbocycles. The maximum absolute atomic E-state index is 5.85. The molecule has 0 rings (SSSR count). The molecule has 7 heteroatoms. The van der Waals surface area contributed by atoms with Crippen molar-refractivity contribution < 1.29 is 24.4 Å². The molecule has 0 atom stereocenters. The van der Waals surface area contributed by atoms with E-state index in [-0.39, 0.29) is 0 Å². The second-order valence-corrected chi connectivity index (χ2v) is 13.7. The first-order valence-corrected chi connectivity index (χ1v) is 13.3. The Hall–Kier alpha value is 1.96. The van der Waals surface area contributed by atoms with Crippen LogP contribution in [0.1, 0.15) is 12.8 Å². The van der Waals surface area contributed by atoms with Crippen LogP contribution in [0.25, 0.3) is 0 Å². The molecule has 0 fully saturated rings. The van der Waals surface area contributed by atoms with Gasteiger partial charge in [0.25, 0.3) is 0 Å². The number of hydrogen-bond donors (Lipinski definition) is 0. The van der Waals surface area contributed by atoms with Crippen molar-refractivity contribution in [2.45, 2.75) is 12.8 Å². The Bertz CT molecular complexity index is 113. The van der Waals surface area contributed by atoms with Crippen LogP contribution in [0, 0.1) is 0 Å². The van der Waals surface area contributed by atoms with Crippen molar-refractivity contribution in [1.29, 1.82) is 0 Å². The first-order valence-electron chi connectivity index (χ1n) is 3.90. The Morgan fingerprint density at radius 2 is 1.23 bits per heavy atom. The second-order valence-electron chi connectivity index (χ2n) is 2.25. The van der Waals surface area contributed by atoms with Gasteiger partial charge in [0.05, 0.1) is 0 Å². The molecule has 0 amide bonds. The fraction of sp³-hybridized carbons (Fsp3) is 1.00. The van der Waals surface area contributed by atoms with Gasteiger partial charge in [-0.05, 0) is 0 Å². The summed E-state index contributed by atoms with van der Waals surface area (Å²) in [5.74, 6) is 1.08. The Morgan fingerprint density at radius 3 is 1.54 bits per heavy atom. The molecule has 0 saturated carbocycles. The van der Waals surface area contributed by atoms with Crippen LogP contribution in [-0.4, -0.2) is 25.0 Å². The minimum atomic E-state index is -3.66. The molecule has 0 aliphatic carbocycles. The average Bonchev–Trinajstić information content (AvgIpc) is 2.05. The predicted octanol–water partition coefficient (Wildman–Crippen LogP) is 3.57. The van der Waals surface area contributed by atoms with Gasteiger partial charge >= 0.3 is 102 Å². The van der Waals surface area contributed by atoms with Crippen molar-refractivity contribution in [3.63, 3.8) is 0 Å². The molecule has 0 radical (unpaired) electrons. The third kappa shape index (κ3) is 10.2. The average molecular weight is 349 g/mol. The molecule has 0 aliphatic heterocycles. The van der Waals surface area contributed by atoms with Crippen LogP contribution in [0.4, 0.5) is 0 Å². The van der Waals surface area contributed by atoms with E-state index in [4.69, 9.17) is 45.9 Å². The van der Waals surface area contributed by atoms with Gasteiger partial charge in [-0.1, -0.05) is 0 Å². The monoisotopic (exact) mass is 346 g/mol. The molecule has 0 aromatic rings. The summed E-state index contributed by atoms with van der Waals surface area (Å²) < 4.78 is 10.4. The summed E-state index contributed by atoms with van der Waals surface area (Å²) in [4.78, 5) is 0. The number of hydrogen-bond acceptors (Lipinski definition) is 2. The Morgan fingerprint density at radius 1 is 0.846 bits per heavy atom.